The number of carboxylic acid groups (broad SMARTS) is 1. The fourth-order valence-electron chi connectivity index (χ4n) is 2.53. The first-order valence-electron chi connectivity index (χ1n) is 6.69. The van der Waals surface area contributed by atoms with Gasteiger partial charge in [-0.15, -0.1) is 0 Å². The van der Waals surface area contributed by atoms with Gasteiger partial charge in [0.1, 0.15) is 5.54 Å². The molecule has 1 aliphatic rings. The van der Waals surface area contributed by atoms with Crippen molar-refractivity contribution >= 4 is 34.5 Å². The largest absolute Gasteiger partial charge is 0.480 e. The maximum absolute atomic E-state index is 12.4. The first kappa shape index (κ1) is 13.9. The lowest BCUT2D eigenvalue weighted by atomic mass is 9.92. The van der Waals surface area contributed by atoms with Crippen molar-refractivity contribution in [3.63, 3.8) is 0 Å². The van der Waals surface area contributed by atoms with Crippen LogP contribution in [0.1, 0.15) is 23.3 Å². The zero-order valence-electron chi connectivity index (χ0n) is 11.3. The lowest BCUT2D eigenvalue weighted by Gasteiger charge is -2.33. The van der Waals surface area contributed by atoms with Crippen LogP contribution >= 0.6 is 11.8 Å². The quantitative estimate of drug-likeness (QED) is 0.801. The maximum Gasteiger partial charge on any atom is 0.329 e. The number of nitrogens with zero attached hydrogens (tertiary/aromatic N) is 1. The molecule has 1 saturated heterocycles. The third-order valence-electron chi connectivity index (χ3n) is 3.79. The van der Waals surface area contributed by atoms with E-state index >= 15 is 0 Å². The van der Waals surface area contributed by atoms with Gasteiger partial charge in [0.2, 0.25) is 0 Å². The van der Waals surface area contributed by atoms with Crippen LogP contribution in [0, 0.1) is 0 Å². The third kappa shape index (κ3) is 2.49. The fraction of sp³-hybridized carbons (Fsp3) is 0.357. The Morgan fingerprint density at radius 3 is 2.71 bits per heavy atom. The van der Waals surface area contributed by atoms with E-state index in [2.05, 4.69) is 15.5 Å². The molecule has 0 spiro atoms. The monoisotopic (exact) mass is 305 g/mol. The van der Waals surface area contributed by atoms with E-state index in [1.54, 1.807) is 17.8 Å². The van der Waals surface area contributed by atoms with Gasteiger partial charge in [-0.25, -0.2) is 4.79 Å². The fourth-order valence-corrected chi connectivity index (χ4v) is 3.71. The molecule has 1 aromatic heterocycles. The van der Waals surface area contributed by atoms with Crippen molar-refractivity contribution in [2.75, 3.05) is 11.5 Å². The van der Waals surface area contributed by atoms with E-state index in [-0.39, 0.29) is 5.69 Å². The molecule has 0 bridgehead atoms. The van der Waals surface area contributed by atoms with Crippen LogP contribution in [0.5, 0.6) is 0 Å². The van der Waals surface area contributed by atoms with Crippen molar-refractivity contribution in [3.8, 4) is 0 Å². The zero-order valence-corrected chi connectivity index (χ0v) is 12.1. The molecule has 0 saturated carbocycles. The summed E-state index contributed by atoms with van der Waals surface area (Å²) in [6.07, 6.45) is 0.863. The predicted octanol–water partition coefficient (Wildman–Crippen LogP) is 1.64. The number of aromatic nitrogens is 2. The van der Waals surface area contributed by atoms with Gasteiger partial charge in [0.05, 0.1) is 5.52 Å². The Balaban J connectivity index is 1.89. The average Bonchev–Trinajstić information content (AvgIpc) is 2.92. The lowest BCUT2D eigenvalue weighted by Crippen LogP contribution is -2.56. The molecular weight excluding hydrogens is 290 g/mol. The third-order valence-corrected chi connectivity index (χ3v) is 4.78. The molecule has 1 aliphatic heterocycles. The number of carboxylic acids is 1. The number of para-hydroxylation sites is 1. The summed E-state index contributed by atoms with van der Waals surface area (Å²) in [7, 11) is 0. The summed E-state index contributed by atoms with van der Waals surface area (Å²) >= 11 is 1.71. The van der Waals surface area contributed by atoms with Crippen molar-refractivity contribution in [2.45, 2.75) is 18.4 Å². The summed E-state index contributed by atoms with van der Waals surface area (Å²) in [5.41, 5.74) is -0.182. The number of amides is 1. The minimum atomic E-state index is -1.18. The molecule has 0 atom stereocenters. The Morgan fingerprint density at radius 2 is 2.00 bits per heavy atom. The normalized spacial score (nSPS) is 17.5. The summed E-state index contributed by atoms with van der Waals surface area (Å²) in [6.45, 7) is 0. The highest BCUT2D eigenvalue weighted by atomic mass is 32.2. The van der Waals surface area contributed by atoms with Gasteiger partial charge >= 0.3 is 5.97 Å². The Hall–Kier alpha value is -2.02. The van der Waals surface area contributed by atoms with Gasteiger partial charge in [-0.3, -0.25) is 9.89 Å². The lowest BCUT2D eigenvalue weighted by molar-refractivity contribution is -0.144. The van der Waals surface area contributed by atoms with Gasteiger partial charge < -0.3 is 10.4 Å². The molecule has 110 valence electrons. The molecule has 0 unspecified atom stereocenters. The SMILES string of the molecule is O=C(NC1(C(=O)O)CCSCC1)c1n[nH]c2ccccc12. The molecule has 1 fully saturated rings. The summed E-state index contributed by atoms with van der Waals surface area (Å²) in [5.74, 6) is 0.0413. The molecular formula is C14H15N3O3S. The second-order valence-corrected chi connectivity index (χ2v) is 6.30. The van der Waals surface area contributed by atoms with Crippen LogP contribution in [-0.4, -0.2) is 44.2 Å². The number of aliphatic carboxylic acids is 1. The number of rotatable bonds is 3. The minimum absolute atomic E-state index is 0.240. The second-order valence-electron chi connectivity index (χ2n) is 5.07. The summed E-state index contributed by atoms with van der Waals surface area (Å²) in [5, 5.41) is 19.7. The maximum atomic E-state index is 12.4. The number of nitrogens with one attached hydrogen (secondary N) is 2. The average molecular weight is 305 g/mol. The number of benzene rings is 1. The van der Waals surface area contributed by atoms with E-state index in [4.69, 9.17) is 0 Å². The molecule has 7 heteroatoms. The Kier molecular flexibility index (Phi) is 3.59. The molecule has 0 radical (unpaired) electrons. The van der Waals surface area contributed by atoms with Gasteiger partial charge in [0, 0.05) is 5.39 Å². The molecule has 21 heavy (non-hydrogen) atoms. The van der Waals surface area contributed by atoms with Crippen LogP contribution in [-0.2, 0) is 4.79 Å². The first-order valence-corrected chi connectivity index (χ1v) is 7.85. The van der Waals surface area contributed by atoms with Crippen LogP contribution < -0.4 is 5.32 Å². The van der Waals surface area contributed by atoms with Gasteiger partial charge in [-0.05, 0) is 30.4 Å². The van der Waals surface area contributed by atoms with Crippen LogP contribution in [0.4, 0.5) is 0 Å². The highest BCUT2D eigenvalue weighted by Gasteiger charge is 2.41. The Labute approximate surface area is 125 Å². The van der Waals surface area contributed by atoms with Gasteiger partial charge in [-0.2, -0.15) is 16.9 Å². The molecule has 2 heterocycles. The number of fused-ring (bicyclic) bond motifs is 1. The smallest absolute Gasteiger partial charge is 0.329 e. The topological polar surface area (TPSA) is 95.1 Å². The van der Waals surface area contributed by atoms with Crippen LogP contribution in [0.15, 0.2) is 24.3 Å². The molecule has 1 amide bonds. The van der Waals surface area contributed by atoms with Crippen molar-refractivity contribution in [1.82, 2.24) is 15.5 Å². The van der Waals surface area contributed by atoms with Crippen molar-refractivity contribution in [3.05, 3.63) is 30.0 Å². The van der Waals surface area contributed by atoms with Crippen LogP contribution in [0.25, 0.3) is 10.9 Å². The number of thioether (sulfide) groups is 1. The summed E-state index contributed by atoms with van der Waals surface area (Å²) in [4.78, 5) is 24.0. The van der Waals surface area contributed by atoms with Gasteiger partial charge in [-0.1, -0.05) is 18.2 Å². The van der Waals surface area contributed by atoms with E-state index in [9.17, 15) is 14.7 Å². The van der Waals surface area contributed by atoms with Crippen molar-refractivity contribution in [1.29, 1.82) is 0 Å². The number of aromatic amines is 1. The number of hydrogen-bond donors (Lipinski definition) is 3. The highest BCUT2D eigenvalue weighted by Crippen LogP contribution is 2.28. The number of carbonyl (C=O) groups is 2. The van der Waals surface area contributed by atoms with Crippen LogP contribution in [0.3, 0.4) is 0 Å². The molecule has 3 rings (SSSR count). The van der Waals surface area contributed by atoms with E-state index < -0.39 is 17.4 Å². The summed E-state index contributed by atoms with van der Waals surface area (Å²) in [6, 6.07) is 7.28. The Bertz CT molecular complexity index is 692. The molecule has 2 aromatic rings. The molecule has 3 N–H and O–H groups in total. The van der Waals surface area contributed by atoms with Crippen molar-refractivity contribution in [2.24, 2.45) is 0 Å². The molecule has 6 nitrogen and oxygen atoms in total. The Morgan fingerprint density at radius 1 is 1.29 bits per heavy atom. The summed E-state index contributed by atoms with van der Waals surface area (Å²) < 4.78 is 0. The van der Waals surface area contributed by atoms with E-state index in [0.717, 1.165) is 17.0 Å². The minimum Gasteiger partial charge on any atom is -0.480 e. The molecule has 1 aromatic carbocycles. The standard InChI is InChI=1S/C14H15N3O3S/c18-12(11-9-3-1-2-4-10(9)16-17-11)15-14(13(19)20)5-7-21-8-6-14/h1-4H,5-8H2,(H,15,18)(H,16,17)(H,19,20). The second kappa shape index (κ2) is 5.40. The van der Waals surface area contributed by atoms with Gasteiger partial charge in [0.15, 0.2) is 5.69 Å². The van der Waals surface area contributed by atoms with Gasteiger partial charge in [0.25, 0.3) is 5.91 Å². The number of hydrogen-bond acceptors (Lipinski definition) is 4. The highest BCUT2D eigenvalue weighted by molar-refractivity contribution is 7.99. The predicted molar refractivity (Wildman–Crippen MR) is 80.5 cm³/mol. The van der Waals surface area contributed by atoms with E-state index in [0.29, 0.717) is 18.2 Å². The van der Waals surface area contributed by atoms with Crippen molar-refractivity contribution < 1.29 is 14.7 Å². The van der Waals surface area contributed by atoms with E-state index in [1.807, 2.05) is 18.2 Å². The van der Waals surface area contributed by atoms with Crippen LogP contribution in [0.2, 0.25) is 0 Å². The first-order chi connectivity index (χ1) is 10.1. The molecule has 0 aliphatic carbocycles. The zero-order chi connectivity index (χ0) is 14.9. The number of carbonyl (C=O) groups excluding carboxylic acids is 1. The van der Waals surface area contributed by atoms with E-state index in [1.165, 1.54) is 0 Å². The number of H-pyrrole nitrogens is 1.